The highest BCUT2D eigenvalue weighted by Crippen LogP contribution is 2.72. The number of carbonyl (C=O) groups is 5. The monoisotopic (exact) mass is 528 g/mol. The van der Waals surface area contributed by atoms with Gasteiger partial charge in [0.2, 0.25) is 11.6 Å². The quantitative estimate of drug-likeness (QED) is 0.266. The summed E-state index contributed by atoms with van der Waals surface area (Å²) >= 11 is 0. The van der Waals surface area contributed by atoms with Crippen LogP contribution in [0.5, 0.6) is 0 Å². The Balaban J connectivity index is 1.63. The normalized spacial score (nSPS) is 43.6. The van der Waals surface area contributed by atoms with Crippen molar-refractivity contribution in [3.63, 3.8) is 0 Å². The lowest BCUT2D eigenvalue weighted by Crippen LogP contribution is -2.61. The molecular formula is C30H40O8. The molecule has 0 unspecified atom stereocenters. The van der Waals surface area contributed by atoms with E-state index in [1.165, 1.54) is 7.11 Å². The lowest BCUT2D eigenvalue weighted by Gasteiger charge is -2.54. The first-order chi connectivity index (χ1) is 17.7. The summed E-state index contributed by atoms with van der Waals surface area (Å²) in [5.41, 5.74) is -3.43. The predicted molar refractivity (Wildman–Crippen MR) is 136 cm³/mol. The maximum Gasteiger partial charge on any atom is 0.305 e. The van der Waals surface area contributed by atoms with Gasteiger partial charge in [-0.1, -0.05) is 20.8 Å². The van der Waals surface area contributed by atoms with Crippen molar-refractivity contribution in [2.45, 2.75) is 97.2 Å². The highest BCUT2D eigenvalue weighted by atomic mass is 16.6. The maximum absolute atomic E-state index is 14.3. The topological polar surface area (TPSA) is 116 Å². The number of esters is 1. The second-order valence-corrected chi connectivity index (χ2v) is 13.1. The smallest absolute Gasteiger partial charge is 0.305 e. The van der Waals surface area contributed by atoms with Crippen LogP contribution in [-0.4, -0.2) is 60.6 Å². The fraction of sp³-hybridized carbons (Fsp3) is 0.767. The molecule has 8 heteroatoms. The summed E-state index contributed by atoms with van der Waals surface area (Å²) in [6.07, 6.45) is 3.08. The van der Waals surface area contributed by atoms with Crippen LogP contribution in [0, 0.1) is 28.1 Å². The zero-order chi connectivity index (χ0) is 27.9. The summed E-state index contributed by atoms with van der Waals surface area (Å²) < 4.78 is 17.0. The molecule has 5 aliphatic rings. The van der Waals surface area contributed by atoms with Crippen molar-refractivity contribution in [1.82, 2.24) is 0 Å². The van der Waals surface area contributed by atoms with E-state index in [4.69, 9.17) is 14.2 Å². The highest BCUT2D eigenvalue weighted by molar-refractivity contribution is 6.48. The van der Waals surface area contributed by atoms with Crippen molar-refractivity contribution in [1.29, 1.82) is 0 Å². The van der Waals surface area contributed by atoms with Crippen molar-refractivity contribution >= 4 is 29.1 Å². The molecule has 2 aliphatic heterocycles. The number of ether oxygens (including phenoxy) is 3. The van der Waals surface area contributed by atoms with E-state index in [1.54, 1.807) is 0 Å². The van der Waals surface area contributed by atoms with Crippen LogP contribution in [0.2, 0.25) is 0 Å². The van der Waals surface area contributed by atoms with E-state index in [0.717, 1.165) is 0 Å². The van der Waals surface area contributed by atoms with Gasteiger partial charge in [-0.3, -0.25) is 24.0 Å². The Morgan fingerprint density at radius 2 is 1.63 bits per heavy atom. The molecule has 3 aliphatic carbocycles. The van der Waals surface area contributed by atoms with Crippen molar-refractivity contribution < 1.29 is 38.2 Å². The number of methoxy groups -OCH3 is 1. The lowest BCUT2D eigenvalue weighted by molar-refractivity contribution is -0.150. The van der Waals surface area contributed by atoms with E-state index in [0.29, 0.717) is 44.3 Å². The van der Waals surface area contributed by atoms with Gasteiger partial charge in [-0.25, -0.2) is 0 Å². The fourth-order valence-electron chi connectivity index (χ4n) is 8.74. The van der Waals surface area contributed by atoms with E-state index in [2.05, 4.69) is 0 Å². The summed E-state index contributed by atoms with van der Waals surface area (Å²) in [6, 6.07) is 0. The fourth-order valence-corrected chi connectivity index (χ4v) is 8.74. The largest absolute Gasteiger partial charge is 0.469 e. The number of hydrogen-bond acceptors (Lipinski definition) is 8. The number of allylic oxidation sites excluding steroid dienone is 2. The van der Waals surface area contributed by atoms with Gasteiger partial charge in [0.25, 0.3) is 0 Å². The molecule has 0 aromatic heterocycles. The molecular weight excluding hydrogens is 488 g/mol. The van der Waals surface area contributed by atoms with Crippen molar-refractivity contribution in [3.8, 4) is 0 Å². The molecule has 5 rings (SSSR count). The number of carbonyl (C=O) groups excluding carboxylic acids is 5. The minimum Gasteiger partial charge on any atom is -0.469 e. The van der Waals surface area contributed by atoms with Crippen LogP contribution in [0.3, 0.4) is 0 Å². The molecule has 7 atom stereocenters. The first-order valence-corrected chi connectivity index (χ1v) is 14.0. The Morgan fingerprint density at radius 1 is 0.947 bits per heavy atom. The molecule has 0 bridgehead atoms. The molecule has 0 N–H and O–H groups in total. The van der Waals surface area contributed by atoms with Gasteiger partial charge in [0, 0.05) is 59.5 Å². The molecule has 3 fully saturated rings. The van der Waals surface area contributed by atoms with Gasteiger partial charge in [-0.15, -0.1) is 0 Å². The van der Waals surface area contributed by atoms with E-state index < -0.39 is 45.0 Å². The summed E-state index contributed by atoms with van der Waals surface area (Å²) in [5, 5.41) is 0. The Morgan fingerprint density at radius 3 is 2.24 bits per heavy atom. The first kappa shape index (κ1) is 27.4. The van der Waals surface area contributed by atoms with E-state index in [1.807, 2.05) is 34.6 Å². The SMILES string of the molecule is CCC(=O)CC[C@]1(C)OC[C@]23C(=O)C(=O)C4=C(C(=O)C[C@@H]([C@@]5(C)CO5)[C@]4(C)CCC(=O)OC)[C@]2(C)CC[C@H]13. The standard InChI is InChI=1S/C30H40O8/c1-7-17(31)8-13-28(4)19-9-12-27(3)22-18(32)14-20(29(5)15-37-29)26(2,11-10-21(33)36-6)23(22)24(34)25(35)30(19,27)16-38-28/h19-20H,7-16H2,1-6H3/t19-,20-,26+,27+,28+,29-,30+/m1/s1. The van der Waals surface area contributed by atoms with Crippen molar-refractivity contribution in [2.24, 2.45) is 28.1 Å². The third-order valence-corrected chi connectivity index (χ3v) is 11.2. The molecule has 2 saturated heterocycles. The molecule has 1 saturated carbocycles. The van der Waals surface area contributed by atoms with Gasteiger partial charge in [0.05, 0.1) is 36.9 Å². The van der Waals surface area contributed by atoms with Crippen molar-refractivity contribution in [2.75, 3.05) is 20.3 Å². The first-order valence-electron chi connectivity index (χ1n) is 14.0. The van der Waals surface area contributed by atoms with Gasteiger partial charge < -0.3 is 14.2 Å². The number of fused-ring (bicyclic) bond motifs is 1. The van der Waals surface area contributed by atoms with E-state index >= 15 is 0 Å². The van der Waals surface area contributed by atoms with Crippen LogP contribution >= 0.6 is 0 Å². The Bertz CT molecular complexity index is 1160. The van der Waals surface area contributed by atoms with E-state index in [-0.39, 0.29) is 54.8 Å². The molecule has 0 aromatic rings. The number of Topliss-reactive ketones (excluding diaryl/α,β-unsaturated/α-hetero) is 4. The minimum absolute atomic E-state index is 0.0722. The minimum atomic E-state index is -1.13. The van der Waals surface area contributed by atoms with Crippen LogP contribution in [0.15, 0.2) is 11.1 Å². The van der Waals surface area contributed by atoms with Crippen LogP contribution in [-0.2, 0) is 38.2 Å². The molecule has 208 valence electrons. The number of hydrogen-bond donors (Lipinski definition) is 0. The van der Waals surface area contributed by atoms with Gasteiger partial charge in [-0.2, -0.15) is 0 Å². The van der Waals surface area contributed by atoms with Crippen molar-refractivity contribution in [3.05, 3.63) is 11.1 Å². The number of epoxide rings is 1. The Labute approximate surface area is 224 Å². The lowest BCUT2D eigenvalue weighted by atomic mass is 9.45. The average Bonchev–Trinajstić information content (AvgIpc) is 3.44. The highest BCUT2D eigenvalue weighted by Gasteiger charge is 2.77. The molecule has 0 amide bonds. The summed E-state index contributed by atoms with van der Waals surface area (Å²) in [5.74, 6) is -2.05. The van der Waals surface area contributed by atoms with Crippen LogP contribution in [0.25, 0.3) is 0 Å². The van der Waals surface area contributed by atoms with Gasteiger partial charge >= 0.3 is 5.97 Å². The molecule has 0 radical (unpaired) electrons. The number of ketones is 4. The number of rotatable bonds is 8. The van der Waals surface area contributed by atoms with Gasteiger partial charge in [0.1, 0.15) is 5.78 Å². The van der Waals surface area contributed by atoms with Gasteiger partial charge in [0.15, 0.2) is 5.78 Å². The third kappa shape index (κ3) is 3.44. The van der Waals surface area contributed by atoms with Crippen LogP contribution in [0.4, 0.5) is 0 Å². The molecule has 2 heterocycles. The van der Waals surface area contributed by atoms with Crippen LogP contribution in [0.1, 0.15) is 86.0 Å². The average molecular weight is 529 g/mol. The third-order valence-electron chi connectivity index (χ3n) is 11.2. The zero-order valence-electron chi connectivity index (χ0n) is 23.5. The van der Waals surface area contributed by atoms with Gasteiger partial charge in [-0.05, 0) is 39.5 Å². The summed E-state index contributed by atoms with van der Waals surface area (Å²) in [7, 11) is 1.33. The summed E-state index contributed by atoms with van der Waals surface area (Å²) in [6.45, 7) is 10.1. The van der Waals surface area contributed by atoms with E-state index in [9.17, 15) is 24.0 Å². The second-order valence-electron chi connectivity index (χ2n) is 13.1. The molecule has 1 spiro atoms. The Hall–Kier alpha value is -2.19. The molecule has 38 heavy (non-hydrogen) atoms. The predicted octanol–water partition coefficient (Wildman–Crippen LogP) is 3.72. The van der Waals surface area contributed by atoms with Crippen LogP contribution < -0.4 is 0 Å². The molecule has 0 aromatic carbocycles. The molecule has 8 nitrogen and oxygen atoms in total. The zero-order valence-corrected chi connectivity index (χ0v) is 23.5. The summed E-state index contributed by atoms with van der Waals surface area (Å²) in [4.78, 5) is 67.0. The Kier molecular flexibility index (Phi) is 6.24. The maximum atomic E-state index is 14.3. The second kappa shape index (κ2) is 8.65.